The van der Waals surface area contributed by atoms with Gasteiger partial charge in [0.1, 0.15) is 34.6 Å². The van der Waals surface area contributed by atoms with Crippen LogP contribution in [-0.4, -0.2) is 73.9 Å². The third-order valence-corrected chi connectivity index (χ3v) is 9.10. The molecule has 1 spiro atoms. The van der Waals surface area contributed by atoms with Crippen LogP contribution < -0.4 is 15.4 Å². The Hall–Kier alpha value is -1.05. The summed E-state index contributed by atoms with van der Waals surface area (Å²) in [5.41, 5.74) is 0.636. The summed E-state index contributed by atoms with van der Waals surface area (Å²) in [6.07, 6.45) is 6.55. The van der Waals surface area contributed by atoms with Crippen LogP contribution >= 0.6 is 22.2 Å². The minimum atomic E-state index is -0.432. The zero-order chi connectivity index (χ0) is 26.6. The van der Waals surface area contributed by atoms with Crippen molar-refractivity contribution >= 4 is 34.2 Å². The summed E-state index contributed by atoms with van der Waals surface area (Å²) in [6, 6.07) is 0.0465. The molecule has 2 heterocycles. The van der Waals surface area contributed by atoms with E-state index in [9.17, 15) is 13.5 Å². The number of nitrogens with one attached hydrogen (secondary N) is 3. The molecule has 2 saturated heterocycles. The van der Waals surface area contributed by atoms with Crippen LogP contribution in [0.15, 0.2) is 11.6 Å². The molecule has 0 bridgehead atoms. The second-order valence-electron chi connectivity index (χ2n) is 11.0. The molecule has 2 aliphatic carbocycles. The van der Waals surface area contributed by atoms with E-state index < -0.39 is 6.09 Å². The number of carbonyl (C=O) groups excluding carboxylic acids is 2. The third kappa shape index (κ3) is 7.13. The summed E-state index contributed by atoms with van der Waals surface area (Å²) >= 11 is 0.0705. The highest BCUT2D eigenvalue weighted by Crippen LogP contribution is 2.59. The number of epoxide rings is 2. The molecular formula is C25H40FN3O6S2. The van der Waals surface area contributed by atoms with E-state index in [1.54, 1.807) is 7.11 Å². The zero-order valence-electron chi connectivity index (χ0n) is 22.0. The largest absolute Gasteiger partial charge is 0.443 e. The van der Waals surface area contributed by atoms with E-state index in [0.717, 1.165) is 49.5 Å². The number of hydrogen-bond acceptors (Lipinski definition) is 9. The van der Waals surface area contributed by atoms with E-state index in [4.69, 9.17) is 18.9 Å². The predicted molar refractivity (Wildman–Crippen MR) is 141 cm³/mol. The van der Waals surface area contributed by atoms with Gasteiger partial charge in [-0.25, -0.2) is 9.52 Å². The first kappa shape index (κ1) is 28.9. The Morgan fingerprint density at radius 3 is 2.41 bits per heavy atom. The van der Waals surface area contributed by atoms with Gasteiger partial charge in [-0.05, 0) is 65.7 Å². The Morgan fingerprint density at radius 1 is 1.14 bits per heavy atom. The number of alkyl carbamates (subject to hydrolysis) is 1. The van der Waals surface area contributed by atoms with Crippen LogP contribution in [0.25, 0.3) is 0 Å². The first-order valence-electron chi connectivity index (χ1n) is 13.1. The molecule has 0 aromatic rings. The van der Waals surface area contributed by atoms with Crippen LogP contribution in [0.3, 0.4) is 0 Å². The van der Waals surface area contributed by atoms with E-state index in [0.29, 0.717) is 13.0 Å². The fourth-order valence-electron chi connectivity index (χ4n) is 6.19. The molecule has 37 heavy (non-hydrogen) atoms. The highest BCUT2D eigenvalue weighted by atomic mass is 33.1. The Bertz CT molecular complexity index is 850. The van der Waals surface area contributed by atoms with Crippen LogP contribution in [0.5, 0.6) is 0 Å². The van der Waals surface area contributed by atoms with E-state index in [1.165, 1.54) is 5.57 Å². The summed E-state index contributed by atoms with van der Waals surface area (Å²) < 4.78 is 38.8. The van der Waals surface area contributed by atoms with Gasteiger partial charge in [-0.2, -0.15) is 3.89 Å². The fraction of sp³-hybridized carbons (Fsp3) is 0.840. The Morgan fingerprint density at radius 2 is 1.81 bits per heavy atom. The average Bonchev–Trinajstić information content (AvgIpc) is 3.77. The average molecular weight is 562 g/mol. The molecule has 4 aliphatic rings. The van der Waals surface area contributed by atoms with Crippen molar-refractivity contribution in [1.29, 1.82) is 0 Å². The molecule has 4 fully saturated rings. The van der Waals surface area contributed by atoms with Crippen molar-refractivity contribution in [2.45, 2.75) is 107 Å². The summed E-state index contributed by atoms with van der Waals surface area (Å²) in [7, 11) is 2.46. The van der Waals surface area contributed by atoms with Crippen LogP contribution in [0, 0.1) is 5.92 Å². The van der Waals surface area contributed by atoms with Crippen molar-refractivity contribution in [2.24, 2.45) is 5.92 Å². The van der Waals surface area contributed by atoms with Crippen LogP contribution in [-0.2, 0) is 23.7 Å². The van der Waals surface area contributed by atoms with Crippen molar-refractivity contribution in [3.63, 3.8) is 0 Å². The molecule has 0 aromatic carbocycles. The van der Waals surface area contributed by atoms with Crippen molar-refractivity contribution in [2.75, 3.05) is 20.3 Å². The maximum absolute atomic E-state index is 12.9. The first-order valence-corrected chi connectivity index (χ1v) is 15.2. The van der Waals surface area contributed by atoms with Crippen LogP contribution in [0.4, 0.5) is 8.68 Å². The van der Waals surface area contributed by atoms with Crippen molar-refractivity contribution < 1.29 is 32.4 Å². The van der Waals surface area contributed by atoms with Crippen molar-refractivity contribution in [1.82, 2.24) is 15.4 Å². The lowest BCUT2D eigenvalue weighted by Crippen LogP contribution is -2.56. The van der Waals surface area contributed by atoms with Gasteiger partial charge in [-0.1, -0.05) is 11.6 Å². The predicted octanol–water partition coefficient (Wildman–Crippen LogP) is 3.99. The number of hydrogen-bond donors (Lipinski definition) is 3. The second-order valence-corrected chi connectivity index (χ2v) is 12.5. The van der Waals surface area contributed by atoms with Crippen LogP contribution in [0.1, 0.15) is 65.7 Å². The van der Waals surface area contributed by atoms with Gasteiger partial charge in [0.05, 0.1) is 25.2 Å². The Balaban J connectivity index is 1.26. The lowest BCUT2D eigenvalue weighted by atomic mass is 9.68. The smallest absolute Gasteiger partial charge is 0.407 e. The van der Waals surface area contributed by atoms with Crippen molar-refractivity contribution in [3.05, 3.63) is 11.6 Å². The van der Waals surface area contributed by atoms with Gasteiger partial charge in [-0.15, -0.1) is 0 Å². The molecule has 210 valence electrons. The number of rotatable bonds is 11. The molecule has 2 amide bonds. The number of amides is 2. The molecular weight excluding hydrogens is 521 g/mol. The zero-order valence-corrected chi connectivity index (χ0v) is 23.7. The number of halogens is 1. The third-order valence-electron chi connectivity index (χ3n) is 8.23. The van der Waals surface area contributed by atoms with Crippen LogP contribution in [0.2, 0.25) is 0 Å². The number of allylic oxidation sites excluding steroid dienone is 1. The maximum atomic E-state index is 12.9. The second kappa shape index (κ2) is 12.4. The van der Waals surface area contributed by atoms with E-state index >= 15 is 0 Å². The highest BCUT2D eigenvalue weighted by Gasteiger charge is 2.72. The lowest BCUT2D eigenvalue weighted by Gasteiger charge is -2.42. The van der Waals surface area contributed by atoms with Gasteiger partial charge in [-0.3, -0.25) is 4.79 Å². The maximum Gasteiger partial charge on any atom is 0.407 e. The first-order chi connectivity index (χ1) is 17.7. The van der Waals surface area contributed by atoms with Gasteiger partial charge >= 0.3 is 6.09 Å². The molecule has 3 N–H and O–H groups in total. The summed E-state index contributed by atoms with van der Waals surface area (Å²) in [4.78, 5) is 24.8. The molecule has 2 aliphatic heterocycles. The SMILES string of the molecule is COC1C(OC(=O)NC2CCC(NC(=O)CNSSF)CC2)CC[C@]2(CO2)C1[C@]1(C)O[C@@H]1CC=C(C)C. The minimum Gasteiger partial charge on any atom is -0.443 e. The molecule has 4 rings (SSSR count). The topological polar surface area (TPSA) is 114 Å². The normalized spacial score (nSPS) is 38.5. The Labute approximate surface area is 226 Å². The van der Waals surface area contributed by atoms with Crippen molar-refractivity contribution in [3.8, 4) is 0 Å². The molecule has 0 radical (unpaired) electrons. The quantitative estimate of drug-likeness (QED) is 0.113. The summed E-state index contributed by atoms with van der Waals surface area (Å²) in [5, 5.41) is 5.97. The number of ether oxygens (including phenoxy) is 4. The number of methoxy groups -OCH3 is 1. The van der Waals surface area contributed by atoms with E-state index in [-0.39, 0.29) is 71.1 Å². The fourth-order valence-corrected chi connectivity index (χ4v) is 6.73. The highest BCUT2D eigenvalue weighted by molar-refractivity contribution is 8.74. The summed E-state index contributed by atoms with van der Waals surface area (Å²) in [6.45, 7) is 7.05. The monoisotopic (exact) mass is 561 g/mol. The van der Waals surface area contributed by atoms with Gasteiger partial charge < -0.3 is 29.6 Å². The lowest BCUT2D eigenvalue weighted by molar-refractivity contribution is -0.120. The van der Waals surface area contributed by atoms with E-state index in [1.807, 2.05) is 0 Å². The van der Waals surface area contributed by atoms with E-state index in [2.05, 4.69) is 42.2 Å². The van der Waals surface area contributed by atoms with Gasteiger partial charge in [0.2, 0.25) is 5.91 Å². The standard InChI is InChI=1S/C25H40FN3O6S2/c1-15(2)5-10-19-24(3,35-19)22-21(32-4)18(11-12-25(22)14-33-25)34-23(31)29-17-8-6-16(7-9-17)28-20(30)13-27-37-36-26/h5,16-19,21-22,27H,6-14H2,1-4H3,(H,28,30)(H,29,31)/t16?,17?,18?,19-,21?,22?,24-,25+/m1/s1. The minimum absolute atomic E-state index is 0.00602. The molecule has 6 atom stereocenters. The number of carbonyl (C=O) groups is 2. The molecule has 9 nitrogen and oxygen atoms in total. The molecule has 2 saturated carbocycles. The Kier molecular flexibility index (Phi) is 9.72. The molecule has 0 aromatic heterocycles. The van der Waals surface area contributed by atoms with Gasteiger partial charge in [0, 0.05) is 30.2 Å². The van der Waals surface area contributed by atoms with Gasteiger partial charge in [0.25, 0.3) is 0 Å². The van der Waals surface area contributed by atoms with Gasteiger partial charge in [0.15, 0.2) is 0 Å². The summed E-state index contributed by atoms with van der Waals surface area (Å²) in [5.74, 6) is -0.175. The molecule has 12 heteroatoms. The molecule has 3 unspecified atom stereocenters.